The van der Waals surface area contributed by atoms with Crippen LogP contribution < -0.4 is 10.6 Å². The zero-order chi connectivity index (χ0) is 19.2. The second kappa shape index (κ2) is 9.15. The predicted octanol–water partition coefficient (Wildman–Crippen LogP) is 2.35. The van der Waals surface area contributed by atoms with Crippen LogP contribution >= 0.6 is 0 Å². The van der Waals surface area contributed by atoms with Crippen LogP contribution in [0.4, 0.5) is 5.69 Å². The number of nitrogens with zero attached hydrogens (tertiary/aromatic N) is 2. The van der Waals surface area contributed by atoms with Crippen LogP contribution in [0.25, 0.3) is 10.9 Å². The van der Waals surface area contributed by atoms with E-state index in [4.69, 9.17) is 4.74 Å². The molecule has 0 aliphatic carbocycles. The second-order valence-electron chi connectivity index (χ2n) is 7.36. The number of anilines is 1. The van der Waals surface area contributed by atoms with E-state index in [0.29, 0.717) is 13.1 Å². The van der Waals surface area contributed by atoms with E-state index in [1.54, 1.807) is 0 Å². The highest BCUT2D eigenvalue weighted by Gasteiger charge is 2.18. The third-order valence-electron chi connectivity index (χ3n) is 4.92. The standard InChI is InChI=1S/C21H30N4O2/c1-15-4-5-19-18(12-15)20(13-17(3)24-19)22-6-7-23-21(26)16(2)14-25-8-10-27-11-9-25/h4-5,12-13,16H,6-11,14H2,1-3H3,(H,22,24)(H,23,26). The molecule has 3 rings (SSSR count). The predicted molar refractivity (Wildman–Crippen MR) is 109 cm³/mol. The molecule has 1 fully saturated rings. The van der Waals surface area contributed by atoms with Crippen LogP contribution in [0.2, 0.25) is 0 Å². The maximum Gasteiger partial charge on any atom is 0.224 e. The van der Waals surface area contributed by atoms with E-state index in [0.717, 1.165) is 55.1 Å². The van der Waals surface area contributed by atoms with Crippen molar-refractivity contribution in [1.29, 1.82) is 0 Å². The Balaban J connectivity index is 1.49. The van der Waals surface area contributed by atoms with Crippen LogP contribution in [0.1, 0.15) is 18.2 Å². The zero-order valence-electron chi connectivity index (χ0n) is 16.5. The first-order chi connectivity index (χ1) is 13.0. The van der Waals surface area contributed by atoms with E-state index in [9.17, 15) is 4.79 Å². The highest BCUT2D eigenvalue weighted by molar-refractivity contribution is 5.92. The molecule has 0 saturated carbocycles. The van der Waals surface area contributed by atoms with Gasteiger partial charge in [0, 0.05) is 55.4 Å². The zero-order valence-corrected chi connectivity index (χ0v) is 16.5. The summed E-state index contributed by atoms with van der Waals surface area (Å²) < 4.78 is 5.35. The van der Waals surface area contributed by atoms with Crippen molar-refractivity contribution in [3.63, 3.8) is 0 Å². The second-order valence-corrected chi connectivity index (χ2v) is 7.36. The van der Waals surface area contributed by atoms with Crippen molar-refractivity contribution in [2.75, 3.05) is 51.3 Å². The summed E-state index contributed by atoms with van der Waals surface area (Å²) in [7, 11) is 0. The average Bonchev–Trinajstić information content (AvgIpc) is 2.66. The summed E-state index contributed by atoms with van der Waals surface area (Å²) in [6.07, 6.45) is 0. The van der Waals surface area contributed by atoms with Crippen LogP contribution in [0.3, 0.4) is 0 Å². The molecule has 1 aliphatic heterocycles. The number of carbonyl (C=O) groups excluding carboxylic acids is 1. The highest BCUT2D eigenvalue weighted by Crippen LogP contribution is 2.24. The summed E-state index contributed by atoms with van der Waals surface area (Å²) in [5.41, 5.74) is 4.25. The summed E-state index contributed by atoms with van der Waals surface area (Å²) >= 11 is 0. The molecule has 146 valence electrons. The molecule has 2 heterocycles. The van der Waals surface area contributed by atoms with Gasteiger partial charge in [-0.15, -0.1) is 0 Å². The molecule has 2 aromatic rings. The molecule has 0 spiro atoms. The fraction of sp³-hybridized carbons (Fsp3) is 0.524. The number of nitrogens with one attached hydrogen (secondary N) is 2. The van der Waals surface area contributed by atoms with Crippen molar-refractivity contribution in [1.82, 2.24) is 15.2 Å². The van der Waals surface area contributed by atoms with Gasteiger partial charge in [-0.05, 0) is 32.0 Å². The molecular weight excluding hydrogens is 340 g/mol. The Morgan fingerprint density at radius 2 is 2.00 bits per heavy atom. The topological polar surface area (TPSA) is 66.5 Å². The number of fused-ring (bicyclic) bond motifs is 1. The molecule has 6 nitrogen and oxygen atoms in total. The minimum atomic E-state index is -0.0188. The number of ether oxygens (including phenoxy) is 1. The Kier molecular flexibility index (Phi) is 6.63. The Bertz CT molecular complexity index is 787. The van der Waals surface area contributed by atoms with E-state index in [1.165, 1.54) is 5.56 Å². The molecular formula is C21H30N4O2. The Morgan fingerprint density at radius 1 is 1.22 bits per heavy atom. The molecule has 1 amide bonds. The van der Waals surface area contributed by atoms with E-state index in [2.05, 4.69) is 51.7 Å². The van der Waals surface area contributed by atoms with Crippen molar-refractivity contribution in [2.45, 2.75) is 20.8 Å². The van der Waals surface area contributed by atoms with Gasteiger partial charge in [-0.1, -0.05) is 18.6 Å². The fourth-order valence-corrected chi connectivity index (χ4v) is 3.43. The van der Waals surface area contributed by atoms with Gasteiger partial charge in [-0.25, -0.2) is 0 Å². The lowest BCUT2D eigenvalue weighted by Crippen LogP contribution is -2.43. The van der Waals surface area contributed by atoms with Gasteiger partial charge in [0.25, 0.3) is 0 Å². The summed E-state index contributed by atoms with van der Waals surface area (Å²) in [4.78, 5) is 19.2. The summed E-state index contributed by atoms with van der Waals surface area (Å²) in [5.74, 6) is 0.0876. The first-order valence-corrected chi connectivity index (χ1v) is 9.72. The first kappa shape index (κ1) is 19.6. The van der Waals surface area contributed by atoms with Gasteiger partial charge in [0.1, 0.15) is 0 Å². The third-order valence-corrected chi connectivity index (χ3v) is 4.92. The van der Waals surface area contributed by atoms with Crippen molar-refractivity contribution in [3.8, 4) is 0 Å². The first-order valence-electron chi connectivity index (χ1n) is 9.72. The SMILES string of the molecule is Cc1ccc2nc(C)cc(NCCNC(=O)C(C)CN3CCOCC3)c2c1. The minimum absolute atomic E-state index is 0.0188. The van der Waals surface area contributed by atoms with Gasteiger partial charge in [-0.3, -0.25) is 14.7 Å². The Hall–Kier alpha value is -2.18. The highest BCUT2D eigenvalue weighted by atomic mass is 16.5. The summed E-state index contributed by atoms with van der Waals surface area (Å²) in [5, 5.41) is 7.61. The van der Waals surface area contributed by atoms with Crippen molar-refractivity contribution < 1.29 is 9.53 Å². The molecule has 1 unspecified atom stereocenters. The lowest BCUT2D eigenvalue weighted by atomic mass is 10.1. The number of benzene rings is 1. The average molecular weight is 370 g/mol. The van der Waals surface area contributed by atoms with Crippen LogP contribution in [-0.4, -0.2) is 61.7 Å². The molecule has 1 aliphatic rings. The summed E-state index contributed by atoms with van der Waals surface area (Å²) in [6.45, 7) is 11.5. The van der Waals surface area contributed by atoms with Crippen molar-refractivity contribution >= 4 is 22.5 Å². The number of pyridine rings is 1. The van der Waals surface area contributed by atoms with Gasteiger partial charge < -0.3 is 15.4 Å². The molecule has 1 saturated heterocycles. The Morgan fingerprint density at radius 3 is 2.78 bits per heavy atom. The van der Waals surface area contributed by atoms with Gasteiger partial charge in [0.15, 0.2) is 0 Å². The maximum absolute atomic E-state index is 12.3. The van der Waals surface area contributed by atoms with Crippen LogP contribution in [0.15, 0.2) is 24.3 Å². The molecule has 0 radical (unpaired) electrons. The Labute approximate surface area is 161 Å². The van der Waals surface area contributed by atoms with E-state index in [-0.39, 0.29) is 11.8 Å². The molecule has 1 aromatic carbocycles. The maximum atomic E-state index is 12.3. The third kappa shape index (κ3) is 5.40. The lowest BCUT2D eigenvalue weighted by Gasteiger charge is -2.28. The number of hydrogen-bond acceptors (Lipinski definition) is 5. The largest absolute Gasteiger partial charge is 0.383 e. The molecule has 2 N–H and O–H groups in total. The smallest absolute Gasteiger partial charge is 0.224 e. The van der Waals surface area contributed by atoms with Gasteiger partial charge in [-0.2, -0.15) is 0 Å². The molecule has 27 heavy (non-hydrogen) atoms. The fourth-order valence-electron chi connectivity index (χ4n) is 3.43. The number of carbonyl (C=O) groups is 1. The number of aromatic nitrogens is 1. The van der Waals surface area contributed by atoms with E-state index < -0.39 is 0 Å². The van der Waals surface area contributed by atoms with Crippen LogP contribution in [0.5, 0.6) is 0 Å². The number of rotatable bonds is 7. The molecule has 6 heteroatoms. The van der Waals surface area contributed by atoms with E-state index in [1.807, 2.05) is 13.8 Å². The monoisotopic (exact) mass is 370 g/mol. The van der Waals surface area contributed by atoms with Crippen LogP contribution in [0, 0.1) is 19.8 Å². The normalized spacial score (nSPS) is 16.3. The number of morpholine rings is 1. The van der Waals surface area contributed by atoms with Crippen molar-refractivity contribution in [2.24, 2.45) is 5.92 Å². The van der Waals surface area contributed by atoms with Gasteiger partial charge in [0.2, 0.25) is 5.91 Å². The van der Waals surface area contributed by atoms with Crippen LogP contribution in [-0.2, 0) is 9.53 Å². The number of hydrogen-bond donors (Lipinski definition) is 2. The molecule has 1 aromatic heterocycles. The van der Waals surface area contributed by atoms with Crippen molar-refractivity contribution in [3.05, 3.63) is 35.5 Å². The minimum Gasteiger partial charge on any atom is -0.383 e. The number of aryl methyl sites for hydroxylation is 2. The molecule has 1 atom stereocenters. The number of amides is 1. The molecule has 0 bridgehead atoms. The lowest BCUT2D eigenvalue weighted by molar-refractivity contribution is -0.125. The van der Waals surface area contributed by atoms with Gasteiger partial charge in [0.05, 0.1) is 18.7 Å². The van der Waals surface area contributed by atoms with Gasteiger partial charge >= 0.3 is 0 Å². The van der Waals surface area contributed by atoms with E-state index >= 15 is 0 Å². The quantitative estimate of drug-likeness (QED) is 0.733. The summed E-state index contributed by atoms with van der Waals surface area (Å²) in [6, 6.07) is 8.34.